The van der Waals surface area contributed by atoms with Crippen LogP contribution in [0.3, 0.4) is 0 Å². The number of carbonyl (C=O) groups is 2. The molecule has 35 heavy (non-hydrogen) atoms. The number of nitrogens with zero attached hydrogens (tertiary/aromatic N) is 1. The molecule has 6 nitrogen and oxygen atoms in total. The minimum Gasteiger partial charge on any atom is -0.376 e. The lowest BCUT2D eigenvalue weighted by atomic mass is 9.97. The van der Waals surface area contributed by atoms with E-state index in [0.717, 1.165) is 48.4 Å². The van der Waals surface area contributed by atoms with Crippen molar-refractivity contribution in [1.82, 2.24) is 15.6 Å². The number of pyridine rings is 1. The molecule has 3 atom stereocenters. The Morgan fingerprint density at radius 3 is 2.66 bits per heavy atom. The summed E-state index contributed by atoms with van der Waals surface area (Å²) in [6.07, 6.45) is 6.66. The molecule has 10 heteroatoms. The number of aryl methyl sites for hydroxylation is 1. The number of alkyl halides is 2. The zero-order valence-electron chi connectivity index (χ0n) is 19.9. The van der Waals surface area contributed by atoms with Crippen molar-refractivity contribution in [2.75, 3.05) is 5.32 Å². The number of hydrogen-bond acceptors (Lipinski definition) is 5. The minimum absolute atomic E-state index is 0.0461. The second-order valence-electron chi connectivity index (χ2n) is 9.53. The van der Waals surface area contributed by atoms with Crippen molar-refractivity contribution in [2.45, 2.75) is 82.8 Å². The van der Waals surface area contributed by atoms with Crippen LogP contribution in [0.2, 0.25) is 5.02 Å². The molecule has 2 aliphatic carbocycles. The number of carbonyl (C=O) groups excluding carboxylic acids is 2. The van der Waals surface area contributed by atoms with Crippen molar-refractivity contribution in [1.29, 1.82) is 0 Å². The Hall–Kier alpha value is -2.26. The normalized spacial score (nSPS) is 20.8. The van der Waals surface area contributed by atoms with Crippen molar-refractivity contribution in [3.05, 3.63) is 44.9 Å². The summed E-state index contributed by atoms with van der Waals surface area (Å²) in [4.78, 5) is 31.6. The Bertz CT molecular complexity index is 1070. The van der Waals surface area contributed by atoms with E-state index in [9.17, 15) is 18.4 Å². The highest BCUT2D eigenvalue weighted by Crippen LogP contribution is 2.41. The number of aromatic nitrogens is 1. The van der Waals surface area contributed by atoms with Crippen LogP contribution in [-0.4, -0.2) is 34.8 Å². The van der Waals surface area contributed by atoms with E-state index >= 15 is 0 Å². The van der Waals surface area contributed by atoms with Gasteiger partial charge in [0, 0.05) is 17.5 Å². The molecule has 0 spiro atoms. The van der Waals surface area contributed by atoms with Crippen molar-refractivity contribution in [3.63, 3.8) is 0 Å². The van der Waals surface area contributed by atoms with Gasteiger partial charge in [0.1, 0.15) is 6.04 Å². The maximum absolute atomic E-state index is 13.4. The Balaban J connectivity index is 1.43. The summed E-state index contributed by atoms with van der Waals surface area (Å²) in [5, 5.41) is 9.22. The molecule has 2 aliphatic rings. The Morgan fingerprint density at radius 1 is 1.29 bits per heavy atom. The number of thiophene rings is 1. The van der Waals surface area contributed by atoms with E-state index in [0.29, 0.717) is 22.2 Å². The topological polar surface area (TPSA) is 83.1 Å². The van der Waals surface area contributed by atoms with Gasteiger partial charge in [-0.3, -0.25) is 14.6 Å². The number of anilines is 1. The Morgan fingerprint density at radius 2 is 2.00 bits per heavy atom. The lowest BCUT2D eigenvalue weighted by molar-refractivity contribution is -0.124. The largest absolute Gasteiger partial charge is 0.376 e. The highest BCUT2D eigenvalue weighted by molar-refractivity contribution is 7.14. The van der Waals surface area contributed by atoms with Gasteiger partial charge in [-0.05, 0) is 43.9 Å². The smallest absolute Gasteiger partial charge is 0.270 e. The molecule has 2 fully saturated rings. The lowest BCUT2D eigenvalue weighted by Crippen LogP contribution is -2.48. The number of nitrogens with one attached hydrogen (secondary N) is 3. The quantitative estimate of drug-likeness (QED) is 0.363. The molecule has 0 saturated heterocycles. The maximum atomic E-state index is 13.4. The predicted molar refractivity (Wildman–Crippen MR) is 134 cm³/mol. The minimum atomic E-state index is -2.85. The molecule has 2 aromatic heterocycles. The van der Waals surface area contributed by atoms with Gasteiger partial charge in [-0.25, -0.2) is 8.78 Å². The fourth-order valence-corrected chi connectivity index (χ4v) is 5.76. The number of halogens is 3. The van der Waals surface area contributed by atoms with Gasteiger partial charge in [0.05, 0.1) is 33.4 Å². The number of rotatable bonds is 10. The van der Waals surface area contributed by atoms with Crippen LogP contribution >= 0.6 is 22.9 Å². The summed E-state index contributed by atoms with van der Waals surface area (Å²) >= 11 is 7.44. The number of hydrogen-bond donors (Lipinski definition) is 3. The van der Waals surface area contributed by atoms with Crippen molar-refractivity contribution >= 4 is 40.4 Å². The summed E-state index contributed by atoms with van der Waals surface area (Å²) in [5.74, 6) is -3.43. The first kappa shape index (κ1) is 25.8. The average Bonchev–Trinajstić information content (AvgIpc) is 3.25. The third-order valence-electron chi connectivity index (χ3n) is 6.79. The lowest BCUT2D eigenvalue weighted by Gasteiger charge is -2.21. The van der Waals surface area contributed by atoms with Crippen molar-refractivity contribution < 1.29 is 18.4 Å². The van der Waals surface area contributed by atoms with E-state index < -0.39 is 23.9 Å². The van der Waals surface area contributed by atoms with Gasteiger partial charge in [0.2, 0.25) is 5.91 Å². The predicted octanol–water partition coefficient (Wildman–Crippen LogP) is 5.87. The SMILES string of the molecule is CCC(Nc1cc(Cl)cnc1C)c1ccc(C(=O)NC(CC2CCCC2)C(=O)N[C@@H]2CC2(F)F)s1. The summed E-state index contributed by atoms with van der Waals surface area (Å²) in [5.41, 5.74) is 1.65. The van der Waals surface area contributed by atoms with Crippen LogP contribution in [0.5, 0.6) is 0 Å². The monoisotopic (exact) mass is 524 g/mol. The van der Waals surface area contributed by atoms with Crippen LogP contribution < -0.4 is 16.0 Å². The zero-order valence-corrected chi connectivity index (χ0v) is 21.4. The van der Waals surface area contributed by atoms with E-state index in [2.05, 4.69) is 20.9 Å². The first-order valence-corrected chi connectivity index (χ1v) is 13.3. The molecular formula is C25H31ClF2N4O2S. The molecule has 0 aliphatic heterocycles. The fourth-order valence-electron chi connectivity index (χ4n) is 4.56. The molecule has 2 heterocycles. The van der Waals surface area contributed by atoms with Gasteiger partial charge in [0.15, 0.2) is 0 Å². The third-order valence-corrected chi connectivity index (χ3v) is 8.20. The Labute approximate surface area is 213 Å². The fraction of sp³-hybridized carbons (Fsp3) is 0.560. The summed E-state index contributed by atoms with van der Waals surface area (Å²) in [7, 11) is 0. The van der Waals surface area contributed by atoms with E-state index in [1.54, 1.807) is 12.3 Å². The highest BCUT2D eigenvalue weighted by atomic mass is 35.5. The van der Waals surface area contributed by atoms with Gasteiger partial charge >= 0.3 is 0 Å². The molecule has 2 amide bonds. The molecule has 190 valence electrons. The van der Waals surface area contributed by atoms with E-state index in [-0.39, 0.29) is 18.4 Å². The second kappa shape index (κ2) is 10.8. The van der Waals surface area contributed by atoms with E-state index in [1.807, 2.05) is 26.0 Å². The van der Waals surface area contributed by atoms with Crippen LogP contribution in [0.4, 0.5) is 14.5 Å². The van der Waals surface area contributed by atoms with Gasteiger partial charge in [-0.2, -0.15) is 0 Å². The van der Waals surface area contributed by atoms with Crippen LogP contribution in [0, 0.1) is 12.8 Å². The van der Waals surface area contributed by atoms with Gasteiger partial charge in [-0.15, -0.1) is 11.3 Å². The molecule has 0 bridgehead atoms. The number of amides is 2. The van der Waals surface area contributed by atoms with Crippen LogP contribution in [0.1, 0.15) is 78.2 Å². The molecule has 2 unspecified atom stereocenters. The molecule has 2 saturated carbocycles. The van der Waals surface area contributed by atoms with Gasteiger partial charge in [0.25, 0.3) is 11.8 Å². The third kappa shape index (κ3) is 6.50. The summed E-state index contributed by atoms with van der Waals surface area (Å²) < 4.78 is 26.7. The Kier molecular flexibility index (Phi) is 7.96. The van der Waals surface area contributed by atoms with Crippen LogP contribution in [0.15, 0.2) is 24.4 Å². The first-order valence-electron chi connectivity index (χ1n) is 12.1. The summed E-state index contributed by atoms with van der Waals surface area (Å²) in [6.45, 7) is 3.94. The van der Waals surface area contributed by atoms with Gasteiger partial charge in [-0.1, -0.05) is 44.2 Å². The second-order valence-corrected chi connectivity index (χ2v) is 11.1. The molecule has 3 N–H and O–H groups in total. The molecule has 0 radical (unpaired) electrons. The average molecular weight is 525 g/mol. The summed E-state index contributed by atoms with van der Waals surface area (Å²) in [6, 6.07) is 3.45. The molecule has 0 aromatic carbocycles. The van der Waals surface area contributed by atoms with Crippen molar-refractivity contribution in [3.8, 4) is 0 Å². The van der Waals surface area contributed by atoms with Gasteiger partial charge < -0.3 is 16.0 Å². The van der Waals surface area contributed by atoms with E-state index in [1.165, 1.54) is 11.3 Å². The molecule has 4 rings (SSSR count). The maximum Gasteiger partial charge on any atom is 0.270 e. The van der Waals surface area contributed by atoms with Crippen LogP contribution in [-0.2, 0) is 4.79 Å². The highest BCUT2D eigenvalue weighted by Gasteiger charge is 2.58. The van der Waals surface area contributed by atoms with Crippen molar-refractivity contribution in [2.24, 2.45) is 5.92 Å². The standard InChI is InChI=1S/C25H31ClF2N4O2S/c1-3-17(30-18-11-16(26)13-29-14(18)2)20-8-9-21(35-20)24(34)31-19(10-15-6-4-5-7-15)23(33)32-22-12-25(22,27)28/h8-9,11,13,15,17,19,22,30H,3-7,10,12H2,1-2H3,(H,31,34)(H,32,33)/t17?,19?,22-/m1/s1. The van der Waals surface area contributed by atoms with E-state index in [4.69, 9.17) is 11.6 Å². The van der Waals surface area contributed by atoms with Crippen LogP contribution in [0.25, 0.3) is 0 Å². The molecular weight excluding hydrogens is 494 g/mol. The first-order chi connectivity index (χ1) is 16.7. The zero-order chi connectivity index (χ0) is 25.2. The molecule has 2 aromatic rings.